The van der Waals surface area contributed by atoms with Crippen molar-refractivity contribution in [3.63, 3.8) is 0 Å². The third kappa shape index (κ3) is 3.05. The average Bonchev–Trinajstić information content (AvgIpc) is 2.87. The number of nitro benzene ring substituents is 1. The molecule has 8 nitrogen and oxygen atoms in total. The largest absolute Gasteiger partial charge is 0.367 e. The fraction of sp³-hybridized carbons (Fsp3) is 0.0833. The lowest BCUT2D eigenvalue weighted by Crippen LogP contribution is -2.04. The molecule has 0 aliphatic rings. The second kappa shape index (κ2) is 5.74. The number of non-ortho nitro benzene ring substituents is 1. The van der Waals surface area contributed by atoms with E-state index < -0.39 is 4.92 Å². The summed E-state index contributed by atoms with van der Waals surface area (Å²) in [5.41, 5.74) is 6.55. The fourth-order valence-corrected chi connectivity index (χ4v) is 1.74. The molecule has 0 saturated carbocycles. The van der Waals surface area contributed by atoms with Gasteiger partial charge in [0.25, 0.3) is 5.69 Å². The lowest BCUT2D eigenvalue weighted by molar-refractivity contribution is -0.384. The summed E-state index contributed by atoms with van der Waals surface area (Å²) in [6.45, 7) is 0.231. The highest BCUT2D eigenvalue weighted by Gasteiger charge is 2.08. The number of hydrogen-bond donors (Lipinski definition) is 2. The topological polar surface area (TPSA) is 123 Å². The van der Waals surface area contributed by atoms with Crippen LogP contribution in [0, 0.1) is 15.5 Å². The number of benzene rings is 1. The van der Waals surface area contributed by atoms with Crippen LogP contribution in [0.15, 0.2) is 52.8 Å². The summed E-state index contributed by atoms with van der Waals surface area (Å²) in [5, 5.41) is 25.0. The van der Waals surface area contributed by atoms with Crippen LogP contribution in [-0.2, 0) is 6.54 Å². The van der Waals surface area contributed by atoms with Gasteiger partial charge in [0, 0.05) is 24.0 Å². The number of azo groups is 1. The Hall–Kier alpha value is -3.03. The van der Waals surface area contributed by atoms with E-state index in [9.17, 15) is 10.1 Å². The molecule has 3 N–H and O–H groups in total. The Morgan fingerprint density at radius 3 is 2.90 bits per heavy atom. The first-order chi connectivity index (χ1) is 9.58. The van der Waals surface area contributed by atoms with Crippen molar-refractivity contribution in [2.75, 3.05) is 0 Å². The Bertz CT molecular complexity index is 676. The van der Waals surface area contributed by atoms with Crippen LogP contribution in [0.5, 0.6) is 0 Å². The van der Waals surface area contributed by atoms with Crippen LogP contribution < -0.4 is 5.73 Å². The van der Waals surface area contributed by atoms with E-state index >= 15 is 0 Å². The Kier molecular flexibility index (Phi) is 3.85. The van der Waals surface area contributed by atoms with Gasteiger partial charge in [0.15, 0.2) is 0 Å². The number of guanidine groups is 1. The van der Waals surface area contributed by atoms with Crippen molar-refractivity contribution in [1.82, 2.24) is 4.57 Å². The second-order valence-electron chi connectivity index (χ2n) is 3.93. The van der Waals surface area contributed by atoms with E-state index in [0.717, 1.165) is 5.69 Å². The first-order valence-corrected chi connectivity index (χ1v) is 5.70. The second-order valence-corrected chi connectivity index (χ2v) is 3.93. The summed E-state index contributed by atoms with van der Waals surface area (Å²) in [7, 11) is 0. The highest BCUT2D eigenvalue weighted by Crippen LogP contribution is 2.19. The van der Waals surface area contributed by atoms with Crippen molar-refractivity contribution >= 4 is 11.6 Å². The number of aromatic nitrogens is 1. The Labute approximate surface area is 114 Å². The van der Waals surface area contributed by atoms with Crippen LogP contribution >= 0.6 is 0 Å². The van der Waals surface area contributed by atoms with E-state index in [0.29, 0.717) is 5.69 Å². The maximum Gasteiger partial charge on any atom is 0.271 e. The maximum absolute atomic E-state index is 10.8. The van der Waals surface area contributed by atoms with Crippen molar-refractivity contribution in [3.8, 4) is 5.69 Å². The maximum atomic E-state index is 10.8. The molecular weight excluding hydrogens is 260 g/mol. The fourth-order valence-electron chi connectivity index (χ4n) is 1.74. The minimum absolute atomic E-state index is 0.0208. The summed E-state index contributed by atoms with van der Waals surface area (Å²) in [6.07, 6.45) is 1.78. The highest BCUT2D eigenvalue weighted by atomic mass is 16.6. The Morgan fingerprint density at radius 2 is 2.20 bits per heavy atom. The third-order valence-electron chi connectivity index (χ3n) is 2.56. The number of nitrogens with one attached hydrogen (secondary N) is 1. The number of hydrogen-bond acceptors (Lipinski definition) is 4. The predicted molar refractivity (Wildman–Crippen MR) is 72.9 cm³/mol. The van der Waals surface area contributed by atoms with E-state index in [2.05, 4.69) is 10.2 Å². The van der Waals surface area contributed by atoms with Crippen LogP contribution in [0.2, 0.25) is 0 Å². The molecule has 0 aliphatic carbocycles. The van der Waals surface area contributed by atoms with Crippen molar-refractivity contribution in [1.29, 1.82) is 5.41 Å². The minimum Gasteiger partial charge on any atom is -0.367 e. The highest BCUT2D eigenvalue weighted by molar-refractivity contribution is 5.74. The van der Waals surface area contributed by atoms with Gasteiger partial charge in [-0.1, -0.05) is 6.07 Å². The zero-order valence-corrected chi connectivity index (χ0v) is 10.4. The van der Waals surface area contributed by atoms with E-state index in [1.54, 1.807) is 29.0 Å². The molecule has 0 atom stereocenters. The summed E-state index contributed by atoms with van der Waals surface area (Å²) >= 11 is 0. The van der Waals surface area contributed by atoms with Crippen molar-refractivity contribution in [2.24, 2.45) is 16.0 Å². The average molecular weight is 272 g/mol. The van der Waals surface area contributed by atoms with Gasteiger partial charge in [-0.2, -0.15) is 5.11 Å². The lowest BCUT2D eigenvalue weighted by atomic mass is 10.2. The molecule has 0 unspecified atom stereocenters. The van der Waals surface area contributed by atoms with Crippen LogP contribution in [0.4, 0.5) is 5.69 Å². The van der Waals surface area contributed by atoms with Crippen molar-refractivity contribution < 1.29 is 4.92 Å². The molecule has 1 aromatic heterocycles. The molecular formula is C12H12N6O2. The van der Waals surface area contributed by atoms with Crippen LogP contribution in [0.1, 0.15) is 5.69 Å². The van der Waals surface area contributed by atoms with Crippen molar-refractivity contribution in [2.45, 2.75) is 6.54 Å². The van der Waals surface area contributed by atoms with Gasteiger partial charge in [-0.3, -0.25) is 15.5 Å². The molecule has 1 aromatic carbocycles. The summed E-state index contributed by atoms with van der Waals surface area (Å²) in [6, 6.07) is 9.91. The van der Waals surface area contributed by atoms with Gasteiger partial charge in [0.05, 0.1) is 10.6 Å². The molecule has 102 valence electrons. The van der Waals surface area contributed by atoms with Crippen LogP contribution in [0.25, 0.3) is 5.69 Å². The van der Waals surface area contributed by atoms with E-state index in [1.807, 2.05) is 6.07 Å². The van der Waals surface area contributed by atoms with Gasteiger partial charge in [0.1, 0.15) is 6.54 Å². The summed E-state index contributed by atoms with van der Waals surface area (Å²) in [4.78, 5) is 10.3. The first-order valence-electron chi connectivity index (χ1n) is 5.70. The van der Waals surface area contributed by atoms with E-state index in [-0.39, 0.29) is 18.2 Å². The molecule has 0 saturated heterocycles. The molecule has 0 bridgehead atoms. The minimum atomic E-state index is -0.442. The van der Waals surface area contributed by atoms with Crippen LogP contribution in [-0.4, -0.2) is 15.4 Å². The lowest BCUT2D eigenvalue weighted by Gasteiger charge is -2.07. The summed E-state index contributed by atoms with van der Waals surface area (Å²) < 4.78 is 1.77. The number of rotatable bonds is 4. The molecule has 2 aromatic rings. The standard InChI is InChI=1S/C12H12N6O2/c13-12(14)16-15-8-11-5-2-6-17(11)9-3-1-4-10(7-9)18(19)20/h1-7H,8H2,(H3,13,14). The SMILES string of the molecule is N=C(N)N=NCc1cccn1-c1cccc([N+](=O)[O-])c1. The monoisotopic (exact) mass is 272 g/mol. The number of nitrogens with zero attached hydrogens (tertiary/aromatic N) is 4. The first kappa shape index (κ1) is 13.4. The van der Waals surface area contributed by atoms with Gasteiger partial charge in [0.2, 0.25) is 5.96 Å². The van der Waals surface area contributed by atoms with Crippen LogP contribution in [0.3, 0.4) is 0 Å². The zero-order chi connectivity index (χ0) is 14.5. The molecule has 20 heavy (non-hydrogen) atoms. The molecule has 8 heteroatoms. The molecule has 0 amide bonds. The van der Waals surface area contributed by atoms with Gasteiger partial charge in [-0.25, -0.2) is 0 Å². The van der Waals surface area contributed by atoms with Gasteiger partial charge < -0.3 is 10.3 Å². The summed E-state index contributed by atoms with van der Waals surface area (Å²) in [5.74, 6) is -0.363. The molecule has 2 rings (SSSR count). The molecule has 1 heterocycles. The van der Waals surface area contributed by atoms with Gasteiger partial charge in [-0.15, -0.1) is 5.11 Å². The normalized spacial score (nSPS) is 10.8. The molecule has 0 aliphatic heterocycles. The smallest absolute Gasteiger partial charge is 0.271 e. The number of nitro groups is 1. The zero-order valence-electron chi connectivity index (χ0n) is 10.4. The molecule has 0 spiro atoms. The Morgan fingerprint density at radius 1 is 1.40 bits per heavy atom. The quantitative estimate of drug-likeness (QED) is 0.291. The van der Waals surface area contributed by atoms with E-state index in [1.165, 1.54) is 12.1 Å². The van der Waals surface area contributed by atoms with Gasteiger partial charge in [-0.05, 0) is 18.2 Å². The van der Waals surface area contributed by atoms with Gasteiger partial charge >= 0.3 is 0 Å². The van der Waals surface area contributed by atoms with Crippen molar-refractivity contribution in [3.05, 3.63) is 58.4 Å². The van der Waals surface area contributed by atoms with E-state index in [4.69, 9.17) is 11.1 Å². The molecule has 0 fully saturated rings. The predicted octanol–water partition coefficient (Wildman–Crippen LogP) is 2.23. The number of nitrogens with two attached hydrogens (primary N) is 1. The third-order valence-corrected chi connectivity index (χ3v) is 2.56. The molecule has 0 radical (unpaired) electrons. The Balaban J connectivity index is 2.30.